The van der Waals surface area contributed by atoms with Crippen LogP contribution in [0.15, 0.2) is 52.2 Å². The van der Waals surface area contributed by atoms with E-state index in [1.165, 1.54) is 10.8 Å². The minimum absolute atomic E-state index is 0.122. The Labute approximate surface area is 184 Å². The molecule has 1 aromatic carbocycles. The van der Waals surface area contributed by atoms with Crippen molar-refractivity contribution in [2.24, 2.45) is 0 Å². The normalized spacial score (nSPS) is 15.8. The molecule has 1 aliphatic rings. The summed E-state index contributed by atoms with van der Waals surface area (Å²) in [5, 5.41) is 10.6. The van der Waals surface area contributed by atoms with Crippen LogP contribution in [0.4, 0.5) is 4.79 Å². The van der Waals surface area contributed by atoms with Gasteiger partial charge in [0, 0.05) is 12.7 Å². The predicted octanol–water partition coefficient (Wildman–Crippen LogP) is 0.975. The number of rotatable bonds is 7. The number of amides is 2. The molecule has 2 N–H and O–H groups in total. The maximum atomic E-state index is 13.0. The van der Waals surface area contributed by atoms with E-state index in [1.54, 1.807) is 24.3 Å². The summed E-state index contributed by atoms with van der Waals surface area (Å²) >= 11 is 0.961. The molecule has 0 saturated carbocycles. The first-order chi connectivity index (χ1) is 15.3. The molecule has 3 aromatic rings. The highest BCUT2D eigenvalue weighted by molar-refractivity contribution is 8.15. The molecule has 2 aromatic heterocycles. The molecule has 164 valence electrons. The Balaban J connectivity index is 1.64. The van der Waals surface area contributed by atoms with E-state index < -0.39 is 22.5 Å². The van der Waals surface area contributed by atoms with Crippen molar-refractivity contribution in [3.63, 3.8) is 0 Å². The van der Waals surface area contributed by atoms with Crippen LogP contribution >= 0.6 is 11.8 Å². The summed E-state index contributed by atoms with van der Waals surface area (Å²) in [5.41, 5.74) is 0.622. The van der Waals surface area contributed by atoms with Gasteiger partial charge in [-0.1, -0.05) is 36.0 Å². The first-order valence-corrected chi connectivity index (χ1v) is 10.6. The lowest BCUT2D eigenvalue weighted by atomic mass is 10.1. The second-order valence-electron chi connectivity index (χ2n) is 7.25. The average molecular weight is 454 g/mol. The monoisotopic (exact) mass is 454 g/mol. The van der Waals surface area contributed by atoms with Crippen LogP contribution in [0.2, 0.25) is 0 Å². The zero-order valence-corrected chi connectivity index (χ0v) is 17.5. The molecular formula is C21H18N4O6S. The lowest BCUT2D eigenvalue weighted by Crippen LogP contribution is -2.41. The van der Waals surface area contributed by atoms with Crippen molar-refractivity contribution in [2.45, 2.75) is 31.2 Å². The molecule has 11 heteroatoms. The largest absolute Gasteiger partial charge is 0.481 e. The number of aliphatic carboxylic acids is 1. The number of carbonyl (C=O) groups is 3. The molecule has 1 fully saturated rings. The Morgan fingerprint density at radius 2 is 1.78 bits per heavy atom. The van der Waals surface area contributed by atoms with E-state index >= 15 is 0 Å². The number of carboxylic acids is 1. The molecule has 0 radical (unpaired) electrons. The highest BCUT2D eigenvalue weighted by atomic mass is 32.2. The number of nitrogens with one attached hydrogen (secondary N) is 1. The number of fused-ring (bicyclic) bond motifs is 1. The SMILES string of the molecule is O=C(O)CCn1c(=O)c2cccnc2n(Cc2ccc(CC3SC(=O)NC3=O)cc2)c1=O. The summed E-state index contributed by atoms with van der Waals surface area (Å²) in [4.78, 5) is 63.9. The van der Waals surface area contributed by atoms with Gasteiger partial charge in [0.05, 0.1) is 23.6 Å². The van der Waals surface area contributed by atoms with E-state index in [0.717, 1.165) is 27.5 Å². The maximum absolute atomic E-state index is 13.0. The molecule has 1 saturated heterocycles. The first kappa shape index (κ1) is 21.5. The number of hydrogen-bond acceptors (Lipinski definition) is 7. The number of carboxylic acid groups (broad SMARTS) is 1. The Morgan fingerprint density at radius 1 is 1.06 bits per heavy atom. The fourth-order valence-electron chi connectivity index (χ4n) is 3.50. The molecule has 0 bridgehead atoms. The van der Waals surface area contributed by atoms with Gasteiger partial charge in [0.2, 0.25) is 5.91 Å². The van der Waals surface area contributed by atoms with Gasteiger partial charge in [0.25, 0.3) is 10.8 Å². The number of aromatic nitrogens is 3. The van der Waals surface area contributed by atoms with E-state index in [4.69, 9.17) is 5.11 Å². The molecule has 0 spiro atoms. The quantitative estimate of drug-likeness (QED) is 0.538. The first-order valence-electron chi connectivity index (χ1n) is 9.73. The average Bonchev–Trinajstić information content (AvgIpc) is 3.08. The molecular weight excluding hydrogens is 436 g/mol. The van der Waals surface area contributed by atoms with Crippen LogP contribution in [0.25, 0.3) is 11.0 Å². The van der Waals surface area contributed by atoms with E-state index in [2.05, 4.69) is 10.3 Å². The van der Waals surface area contributed by atoms with Crippen molar-refractivity contribution < 1.29 is 19.5 Å². The van der Waals surface area contributed by atoms with E-state index in [1.807, 2.05) is 12.1 Å². The maximum Gasteiger partial charge on any atom is 0.332 e. The molecule has 32 heavy (non-hydrogen) atoms. The minimum atomic E-state index is -1.11. The molecule has 1 unspecified atom stereocenters. The number of thioether (sulfide) groups is 1. The summed E-state index contributed by atoms with van der Waals surface area (Å²) in [6, 6.07) is 10.3. The summed E-state index contributed by atoms with van der Waals surface area (Å²) in [6.07, 6.45) is 1.52. The fraction of sp³-hybridized carbons (Fsp3) is 0.238. The number of nitrogens with zero attached hydrogens (tertiary/aromatic N) is 3. The van der Waals surface area contributed by atoms with Gasteiger partial charge < -0.3 is 5.11 Å². The second kappa shape index (κ2) is 8.79. The molecule has 4 rings (SSSR count). The minimum Gasteiger partial charge on any atom is -0.481 e. The van der Waals surface area contributed by atoms with Crippen molar-refractivity contribution in [1.82, 2.24) is 19.4 Å². The number of pyridine rings is 1. The van der Waals surface area contributed by atoms with Crippen LogP contribution in [-0.4, -0.2) is 41.6 Å². The topological polar surface area (TPSA) is 140 Å². The van der Waals surface area contributed by atoms with Crippen molar-refractivity contribution in [3.05, 3.63) is 74.6 Å². The third-order valence-corrected chi connectivity index (χ3v) is 6.06. The lowest BCUT2D eigenvalue weighted by Gasteiger charge is -2.13. The van der Waals surface area contributed by atoms with Crippen LogP contribution in [0.1, 0.15) is 17.5 Å². The Hall–Kier alpha value is -3.73. The van der Waals surface area contributed by atoms with Gasteiger partial charge in [0.15, 0.2) is 0 Å². The third kappa shape index (κ3) is 4.33. The lowest BCUT2D eigenvalue weighted by molar-refractivity contribution is -0.137. The van der Waals surface area contributed by atoms with E-state index in [0.29, 0.717) is 6.42 Å². The second-order valence-corrected chi connectivity index (χ2v) is 8.42. The standard InChI is InChI=1S/C21H18N4O6S/c26-16(27)7-9-24-19(29)14-2-1-8-22-17(14)25(21(24)31)11-13-5-3-12(4-6-13)10-15-18(28)23-20(30)32-15/h1-6,8,15H,7,9-11H2,(H,26,27)(H,23,28,30). The van der Waals surface area contributed by atoms with Gasteiger partial charge in [-0.2, -0.15) is 0 Å². The zero-order valence-electron chi connectivity index (χ0n) is 16.7. The molecule has 2 amide bonds. The molecule has 0 aliphatic carbocycles. The molecule has 3 heterocycles. The van der Waals surface area contributed by atoms with E-state index in [-0.39, 0.29) is 41.7 Å². The van der Waals surface area contributed by atoms with Gasteiger partial charge in [-0.25, -0.2) is 9.78 Å². The third-order valence-electron chi connectivity index (χ3n) is 5.08. The van der Waals surface area contributed by atoms with Crippen LogP contribution in [0.5, 0.6) is 0 Å². The van der Waals surface area contributed by atoms with Gasteiger partial charge in [-0.15, -0.1) is 0 Å². The summed E-state index contributed by atoms with van der Waals surface area (Å²) in [6.45, 7) is -0.117. The van der Waals surface area contributed by atoms with Crippen LogP contribution in [0.3, 0.4) is 0 Å². The van der Waals surface area contributed by atoms with Crippen LogP contribution in [0, 0.1) is 0 Å². The van der Waals surface area contributed by atoms with E-state index in [9.17, 15) is 24.0 Å². The Bertz CT molecular complexity index is 1350. The van der Waals surface area contributed by atoms with Crippen molar-refractivity contribution in [3.8, 4) is 0 Å². The fourth-order valence-corrected chi connectivity index (χ4v) is 4.36. The van der Waals surface area contributed by atoms with Gasteiger partial charge >= 0.3 is 11.7 Å². The Morgan fingerprint density at radius 3 is 2.44 bits per heavy atom. The molecule has 1 aliphatic heterocycles. The summed E-state index contributed by atoms with van der Waals surface area (Å²) in [7, 11) is 0. The number of hydrogen-bond donors (Lipinski definition) is 2. The molecule has 1 atom stereocenters. The Kier molecular flexibility index (Phi) is 5.91. The summed E-state index contributed by atoms with van der Waals surface area (Å²) < 4.78 is 2.26. The van der Waals surface area contributed by atoms with Crippen LogP contribution < -0.4 is 16.6 Å². The van der Waals surface area contributed by atoms with Gasteiger partial charge in [0.1, 0.15) is 5.65 Å². The number of benzene rings is 1. The summed E-state index contributed by atoms with van der Waals surface area (Å²) in [5.74, 6) is -1.42. The highest BCUT2D eigenvalue weighted by Crippen LogP contribution is 2.23. The van der Waals surface area contributed by atoms with Gasteiger partial charge in [-0.3, -0.25) is 33.6 Å². The van der Waals surface area contributed by atoms with Crippen molar-refractivity contribution in [2.75, 3.05) is 0 Å². The predicted molar refractivity (Wildman–Crippen MR) is 117 cm³/mol. The smallest absolute Gasteiger partial charge is 0.332 e. The highest BCUT2D eigenvalue weighted by Gasteiger charge is 2.31. The zero-order chi connectivity index (χ0) is 22.8. The number of carbonyl (C=O) groups excluding carboxylic acids is 2. The van der Waals surface area contributed by atoms with Crippen molar-refractivity contribution >= 4 is 39.9 Å². The molecule has 10 nitrogen and oxygen atoms in total. The van der Waals surface area contributed by atoms with Gasteiger partial charge in [-0.05, 0) is 29.7 Å². The van der Waals surface area contributed by atoms with Crippen LogP contribution in [-0.2, 0) is 29.1 Å². The number of imide groups is 1. The van der Waals surface area contributed by atoms with Crippen molar-refractivity contribution in [1.29, 1.82) is 0 Å².